The fourth-order valence-corrected chi connectivity index (χ4v) is 5.88. The van der Waals surface area contributed by atoms with Crippen molar-refractivity contribution in [2.75, 3.05) is 19.8 Å². The van der Waals surface area contributed by atoms with Crippen molar-refractivity contribution in [3.8, 4) is 0 Å². The van der Waals surface area contributed by atoms with Gasteiger partial charge in [-0.3, -0.25) is 9.32 Å². The van der Waals surface area contributed by atoms with Crippen molar-refractivity contribution in [3.05, 3.63) is 24.3 Å². The normalized spacial score (nSPS) is 12.9. The number of rotatable bonds is 37. The van der Waals surface area contributed by atoms with Crippen molar-refractivity contribution in [2.45, 2.75) is 200 Å². The van der Waals surface area contributed by atoms with Gasteiger partial charge in [-0.15, -0.1) is 0 Å². The van der Waals surface area contributed by atoms with Gasteiger partial charge in [0, 0.05) is 13.0 Å². The van der Waals surface area contributed by atoms with Crippen LogP contribution in [0.5, 0.6) is 0 Å². The minimum Gasteiger partial charge on any atom is -0.463 e. The standard InChI is InChI=1S/C39H75O7P/c1-3-5-7-9-11-13-15-17-19-21-23-25-27-29-31-33-35-44-38(37-46-47(41,42)43)36-45-39(40)34-32-30-28-26-24-22-20-18-16-14-12-10-8-6-4-2/h17-20,38H,3-16,21-37H2,1-2H3,(H2,41,42,43)/b19-17-,20-18-/t38-/m1/s1. The lowest BCUT2D eigenvalue weighted by atomic mass is 10.1. The molecule has 0 heterocycles. The molecule has 0 aliphatic rings. The second-order valence-electron chi connectivity index (χ2n) is 13.2. The van der Waals surface area contributed by atoms with Gasteiger partial charge in [0.15, 0.2) is 0 Å². The Kier molecular flexibility index (Phi) is 35.5. The number of phosphoric ester groups is 1. The highest BCUT2D eigenvalue weighted by molar-refractivity contribution is 7.46. The molecule has 47 heavy (non-hydrogen) atoms. The van der Waals surface area contributed by atoms with E-state index < -0.39 is 13.9 Å². The molecular weight excluding hydrogens is 611 g/mol. The van der Waals surface area contributed by atoms with Crippen LogP contribution in [0.15, 0.2) is 24.3 Å². The molecule has 0 aromatic carbocycles. The first kappa shape index (κ1) is 46.0. The van der Waals surface area contributed by atoms with E-state index >= 15 is 0 Å². The Balaban J connectivity index is 3.83. The summed E-state index contributed by atoms with van der Waals surface area (Å²) in [4.78, 5) is 30.4. The van der Waals surface area contributed by atoms with E-state index in [1.54, 1.807) is 0 Å². The molecule has 0 amide bonds. The molecular formula is C39H75O7P. The molecule has 0 aromatic rings. The van der Waals surface area contributed by atoms with Gasteiger partial charge >= 0.3 is 13.8 Å². The fraction of sp³-hybridized carbons (Fsp3) is 0.872. The number of allylic oxidation sites excluding steroid dienone is 4. The summed E-state index contributed by atoms with van der Waals surface area (Å²) in [6.07, 6.45) is 41.8. The van der Waals surface area contributed by atoms with E-state index in [4.69, 9.17) is 19.3 Å². The average molecular weight is 687 g/mol. The first-order chi connectivity index (χ1) is 22.9. The van der Waals surface area contributed by atoms with E-state index in [2.05, 4.69) is 42.7 Å². The first-order valence-electron chi connectivity index (χ1n) is 19.7. The Morgan fingerprint density at radius 3 is 1.36 bits per heavy atom. The van der Waals surface area contributed by atoms with Crippen molar-refractivity contribution in [1.29, 1.82) is 0 Å². The quantitative estimate of drug-likeness (QED) is 0.0290. The van der Waals surface area contributed by atoms with Crippen LogP contribution in [-0.2, 0) is 23.4 Å². The molecule has 0 aromatic heterocycles. The van der Waals surface area contributed by atoms with Crippen LogP contribution in [0.3, 0.4) is 0 Å². The molecule has 0 aliphatic carbocycles. The van der Waals surface area contributed by atoms with Crippen molar-refractivity contribution in [1.82, 2.24) is 0 Å². The number of unbranched alkanes of at least 4 members (excludes halogenated alkanes) is 23. The highest BCUT2D eigenvalue weighted by Crippen LogP contribution is 2.35. The van der Waals surface area contributed by atoms with Crippen LogP contribution in [0.4, 0.5) is 0 Å². The molecule has 2 N–H and O–H groups in total. The second kappa shape index (κ2) is 36.3. The van der Waals surface area contributed by atoms with Gasteiger partial charge in [0.1, 0.15) is 12.7 Å². The van der Waals surface area contributed by atoms with Crippen molar-refractivity contribution in [3.63, 3.8) is 0 Å². The molecule has 0 saturated carbocycles. The van der Waals surface area contributed by atoms with Crippen LogP contribution in [0.25, 0.3) is 0 Å². The monoisotopic (exact) mass is 687 g/mol. The Morgan fingerprint density at radius 1 is 0.553 bits per heavy atom. The molecule has 7 nitrogen and oxygen atoms in total. The molecule has 8 heteroatoms. The molecule has 278 valence electrons. The average Bonchev–Trinajstić information content (AvgIpc) is 3.04. The number of carbonyl (C=O) groups excluding carboxylic acids is 1. The molecule has 0 saturated heterocycles. The summed E-state index contributed by atoms with van der Waals surface area (Å²) in [5.41, 5.74) is 0. The maximum atomic E-state index is 12.2. The number of ether oxygens (including phenoxy) is 2. The van der Waals surface area contributed by atoms with Gasteiger partial charge in [-0.1, -0.05) is 147 Å². The van der Waals surface area contributed by atoms with Crippen LogP contribution in [0.2, 0.25) is 0 Å². The van der Waals surface area contributed by atoms with Crippen molar-refractivity contribution < 1.29 is 33.1 Å². The number of hydrogen-bond acceptors (Lipinski definition) is 5. The van der Waals surface area contributed by atoms with Crippen LogP contribution in [0.1, 0.15) is 194 Å². The third-order valence-corrected chi connectivity index (χ3v) is 9.00. The van der Waals surface area contributed by atoms with Gasteiger partial charge < -0.3 is 19.3 Å². The van der Waals surface area contributed by atoms with Gasteiger partial charge in [-0.25, -0.2) is 4.57 Å². The molecule has 0 spiro atoms. The predicted molar refractivity (Wildman–Crippen MR) is 198 cm³/mol. The van der Waals surface area contributed by atoms with Gasteiger partial charge in [0.25, 0.3) is 0 Å². The van der Waals surface area contributed by atoms with Crippen LogP contribution in [0, 0.1) is 0 Å². The number of carbonyl (C=O) groups is 1. The van der Waals surface area contributed by atoms with E-state index in [0.717, 1.165) is 51.4 Å². The second-order valence-corrected chi connectivity index (χ2v) is 14.5. The smallest absolute Gasteiger partial charge is 0.463 e. The molecule has 0 fully saturated rings. The maximum Gasteiger partial charge on any atom is 0.469 e. The minimum absolute atomic E-state index is 0.0592. The summed E-state index contributed by atoms with van der Waals surface area (Å²) in [5.74, 6) is -0.301. The lowest BCUT2D eigenvalue weighted by Crippen LogP contribution is -2.27. The van der Waals surface area contributed by atoms with E-state index in [9.17, 15) is 9.36 Å². The molecule has 0 unspecified atom stereocenters. The Hall–Kier alpha value is -0.980. The Bertz CT molecular complexity index is 764. The molecule has 0 aliphatic heterocycles. The van der Waals surface area contributed by atoms with Crippen molar-refractivity contribution in [2.24, 2.45) is 0 Å². The predicted octanol–water partition coefficient (Wildman–Crippen LogP) is 12.1. The highest BCUT2D eigenvalue weighted by atomic mass is 31.2. The third-order valence-electron chi connectivity index (χ3n) is 8.51. The molecule has 0 radical (unpaired) electrons. The number of esters is 1. The summed E-state index contributed by atoms with van der Waals surface area (Å²) < 4.78 is 27.0. The van der Waals surface area contributed by atoms with E-state index in [-0.39, 0.29) is 19.2 Å². The largest absolute Gasteiger partial charge is 0.469 e. The summed E-state index contributed by atoms with van der Waals surface area (Å²) in [5, 5.41) is 0. The Morgan fingerprint density at radius 2 is 0.936 bits per heavy atom. The lowest BCUT2D eigenvalue weighted by molar-refractivity contribution is -0.149. The molecule has 0 bridgehead atoms. The zero-order chi connectivity index (χ0) is 34.5. The zero-order valence-corrected chi connectivity index (χ0v) is 31.6. The SMILES string of the molecule is CCCCCCCC/C=C\CCCCCCCCO[C@H](COC(=O)CCCCCCC/C=C\CCCCCCCC)COP(=O)(O)O. The number of phosphoric acid groups is 1. The van der Waals surface area contributed by atoms with Crippen molar-refractivity contribution >= 4 is 13.8 Å². The van der Waals surface area contributed by atoms with Crippen LogP contribution >= 0.6 is 7.82 Å². The Labute approximate surface area is 290 Å². The van der Waals surface area contributed by atoms with Crippen LogP contribution in [-0.4, -0.2) is 41.7 Å². The van der Waals surface area contributed by atoms with Gasteiger partial charge in [-0.2, -0.15) is 0 Å². The van der Waals surface area contributed by atoms with Gasteiger partial charge in [-0.05, 0) is 64.2 Å². The zero-order valence-electron chi connectivity index (χ0n) is 30.7. The summed E-state index contributed by atoms with van der Waals surface area (Å²) in [7, 11) is -4.62. The first-order valence-corrected chi connectivity index (χ1v) is 21.2. The van der Waals surface area contributed by atoms with Crippen LogP contribution < -0.4 is 0 Å². The van der Waals surface area contributed by atoms with Gasteiger partial charge in [0.05, 0.1) is 6.61 Å². The molecule has 0 rings (SSSR count). The summed E-state index contributed by atoms with van der Waals surface area (Å²) in [6, 6.07) is 0. The molecule has 1 atom stereocenters. The number of hydrogen-bond donors (Lipinski definition) is 2. The summed E-state index contributed by atoms with van der Waals surface area (Å²) in [6.45, 7) is 4.59. The lowest BCUT2D eigenvalue weighted by Gasteiger charge is -2.18. The topological polar surface area (TPSA) is 102 Å². The minimum atomic E-state index is -4.62. The van der Waals surface area contributed by atoms with E-state index in [1.165, 1.54) is 122 Å². The van der Waals surface area contributed by atoms with Gasteiger partial charge in [0.2, 0.25) is 0 Å². The maximum absolute atomic E-state index is 12.2. The fourth-order valence-electron chi connectivity index (χ4n) is 5.52. The van der Waals surface area contributed by atoms with E-state index in [0.29, 0.717) is 13.0 Å². The third kappa shape index (κ3) is 39.3. The summed E-state index contributed by atoms with van der Waals surface area (Å²) >= 11 is 0. The van der Waals surface area contributed by atoms with E-state index in [1.807, 2.05) is 0 Å². The highest BCUT2D eigenvalue weighted by Gasteiger charge is 2.20.